The topological polar surface area (TPSA) is 0 Å². The van der Waals surface area contributed by atoms with E-state index in [2.05, 4.69) is 93.3 Å². The van der Waals surface area contributed by atoms with Gasteiger partial charge >= 0.3 is 0 Å². The van der Waals surface area contributed by atoms with Crippen molar-refractivity contribution in [1.29, 1.82) is 0 Å². The molecule has 0 atom stereocenters. The molecule has 104 valence electrons. The minimum absolute atomic E-state index is 0.882. The van der Waals surface area contributed by atoms with Crippen molar-refractivity contribution >= 4 is 24.2 Å². The molecule has 0 rings (SSSR count). The summed E-state index contributed by atoms with van der Waals surface area (Å²) in [7, 11) is -3.94. The molecule has 0 aliphatic carbocycles. The molecule has 0 N–H and O–H groups in total. The lowest BCUT2D eigenvalue weighted by Crippen LogP contribution is -2.17. The summed E-state index contributed by atoms with van der Waals surface area (Å²) < 4.78 is 0. The highest BCUT2D eigenvalue weighted by Gasteiger charge is 2.10. The Morgan fingerprint density at radius 2 is 1.05 bits per heavy atom. The molecule has 0 spiro atoms. The van der Waals surface area contributed by atoms with Gasteiger partial charge in [0.05, 0.1) is 8.07 Å². The summed E-state index contributed by atoms with van der Waals surface area (Å²) in [5, 5.41) is 0. The van der Waals surface area contributed by atoms with Gasteiger partial charge in [-0.3, -0.25) is 0 Å². The van der Waals surface area contributed by atoms with Gasteiger partial charge in [0.25, 0.3) is 0 Å². The lowest BCUT2D eigenvalue weighted by Gasteiger charge is -2.06. The van der Waals surface area contributed by atoms with Crippen LogP contribution in [0.4, 0.5) is 0 Å². The van der Waals surface area contributed by atoms with Crippen LogP contribution in [0.25, 0.3) is 0 Å². The quantitative estimate of drug-likeness (QED) is 0.374. The van der Waals surface area contributed by atoms with Gasteiger partial charge in [-0.2, -0.15) is 0 Å². The number of hydrogen-bond acceptors (Lipinski definition) is 0. The minimum atomic E-state index is -1.35. The van der Waals surface area contributed by atoms with Crippen molar-refractivity contribution in [2.45, 2.75) is 58.9 Å². The highest BCUT2D eigenvalue weighted by atomic mass is 28.3. The van der Waals surface area contributed by atoms with Gasteiger partial charge in [0.15, 0.2) is 0 Å². The van der Waals surface area contributed by atoms with Crippen molar-refractivity contribution in [2.24, 2.45) is 0 Å². The molecule has 0 nitrogen and oxygen atoms in total. The zero-order chi connectivity index (χ0) is 15.3. The van der Waals surface area contributed by atoms with Gasteiger partial charge in [-0.25, -0.2) is 0 Å². The van der Waals surface area contributed by atoms with E-state index in [4.69, 9.17) is 0 Å². The molecule has 0 unspecified atom stereocenters. The first kappa shape index (κ1) is 18.3. The van der Waals surface area contributed by atoms with E-state index in [1.807, 2.05) is 0 Å². The molecule has 0 fully saturated rings. The zero-order valence-corrected chi connectivity index (χ0v) is 17.1. The van der Waals surface area contributed by atoms with Gasteiger partial charge in [0, 0.05) is 0 Å². The van der Waals surface area contributed by atoms with Gasteiger partial charge < -0.3 is 0 Å². The maximum Gasteiger partial charge on any atom is 0.129 e. The van der Waals surface area contributed by atoms with Gasteiger partial charge in [0.2, 0.25) is 0 Å². The van der Waals surface area contributed by atoms with Crippen LogP contribution in [0.1, 0.15) is 0 Å². The van der Waals surface area contributed by atoms with Gasteiger partial charge in [0.1, 0.15) is 21.7 Å². The third-order valence-electron chi connectivity index (χ3n) is 1.77. The van der Waals surface area contributed by atoms with Crippen molar-refractivity contribution < 1.29 is 0 Å². The first-order valence-electron chi connectivity index (χ1n) is 6.83. The largest absolute Gasteiger partial charge is 0.129 e. The third kappa shape index (κ3) is 13.5. The van der Waals surface area contributed by atoms with Crippen LogP contribution < -0.4 is 0 Å². The van der Waals surface area contributed by atoms with Crippen LogP contribution in [0.2, 0.25) is 58.9 Å². The van der Waals surface area contributed by atoms with Crippen LogP contribution in [0.15, 0.2) is 17.0 Å². The van der Waals surface area contributed by atoms with E-state index in [1.165, 1.54) is 0 Å². The Morgan fingerprint density at radius 3 is 1.32 bits per heavy atom. The van der Waals surface area contributed by atoms with Crippen molar-refractivity contribution in [3.8, 4) is 22.9 Å². The van der Waals surface area contributed by atoms with Crippen LogP contribution in [0.5, 0.6) is 0 Å². The second-order valence-corrected chi connectivity index (χ2v) is 22.6. The van der Waals surface area contributed by atoms with Crippen LogP contribution in [0, 0.1) is 22.9 Å². The Bertz CT molecular complexity index is 457. The lowest BCUT2D eigenvalue weighted by atomic mass is 10.3. The average molecular weight is 305 g/mol. The average Bonchev–Trinajstić information content (AvgIpc) is 2.11. The second-order valence-electron chi connectivity index (χ2n) is 8.03. The first-order chi connectivity index (χ1) is 8.29. The fourth-order valence-corrected chi connectivity index (χ4v) is 2.47. The molecule has 0 aromatic heterocycles. The molecule has 0 amide bonds. The molecule has 0 saturated carbocycles. The number of hydrogen-bond donors (Lipinski definition) is 0. The van der Waals surface area contributed by atoms with E-state index >= 15 is 0 Å². The van der Waals surface area contributed by atoms with Crippen LogP contribution >= 0.6 is 0 Å². The molecule has 0 aliphatic rings. The molecule has 0 radical (unpaired) electrons. The SMILES string of the molecule is C[Si](C)(C)C#CC(=C=C[Si](C)(C)C)C#C[Si](C)(C)C. The van der Waals surface area contributed by atoms with Crippen molar-refractivity contribution in [3.63, 3.8) is 0 Å². The van der Waals surface area contributed by atoms with Crippen molar-refractivity contribution in [1.82, 2.24) is 0 Å². The van der Waals surface area contributed by atoms with E-state index in [0.29, 0.717) is 0 Å². The van der Waals surface area contributed by atoms with Crippen molar-refractivity contribution in [2.75, 3.05) is 0 Å². The predicted octanol–water partition coefficient (Wildman–Crippen LogP) is 4.71. The van der Waals surface area contributed by atoms with Crippen molar-refractivity contribution in [3.05, 3.63) is 17.0 Å². The summed E-state index contributed by atoms with van der Waals surface area (Å²) in [6.45, 7) is 20.4. The molecule has 0 saturated heterocycles. The predicted molar refractivity (Wildman–Crippen MR) is 97.2 cm³/mol. The van der Waals surface area contributed by atoms with E-state index < -0.39 is 24.2 Å². The highest BCUT2D eigenvalue weighted by Crippen LogP contribution is 2.04. The second kappa shape index (κ2) is 6.64. The van der Waals surface area contributed by atoms with E-state index in [1.54, 1.807) is 0 Å². The van der Waals surface area contributed by atoms with E-state index in [-0.39, 0.29) is 0 Å². The summed E-state index contributed by atoms with van der Waals surface area (Å²) in [6.07, 6.45) is 0. The maximum absolute atomic E-state index is 3.39. The van der Waals surface area contributed by atoms with Gasteiger partial charge in [-0.05, 0) is 0 Å². The Kier molecular flexibility index (Phi) is 6.39. The number of allylic oxidation sites excluding steroid dienone is 1. The highest BCUT2D eigenvalue weighted by molar-refractivity contribution is 6.84. The Balaban J connectivity index is 5.57. The van der Waals surface area contributed by atoms with Gasteiger partial charge in [-0.1, -0.05) is 76.5 Å². The first-order valence-corrected chi connectivity index (χ1v) is 17.4. The van der Waals surface area contributed by atoms with Crippen LogP contribution in [-0.2, 0) is 0 Å². The molecular weight excluding hydrogens is 276 g/mol. The van der Waals surface area contributed by atoms with Gasteiger partial charge in [-0.15, -0.1) is 16.8 Å². The van der Waals surface area contributed by atoms with Crippen LogP contribution in [0.3, 0.4) is 0 Å². The fourth-order valence-electron chi connectivity index (χ4n) is 0.892. The summed E-state index contributed by atoms with van der Waals surface area (Å²) in [5.74, 6) is 6.52. The molecule has 0 bridgehead atoms. The Labute approximate surface area is 123 Å². The Hall–Kier alpha value is -0.709. The molecule has 0 aromatic carbocycles. The third-order valence-corrected chi connectivity index (χ3v) is 4.53. The summed E-state index contributed by atoms with van der Waals surface area (Å²) in [6, 6.07) is 0. The zero-order valence-electron chi connectivity index (χ0n) is 14.1. The monoisotopic (exact) mass is 304 g/mol. The molecule has 0 heterocycles. The molecule has 19 heavy (non-hydrogen) atoms. The lowest BCUT2D eigenvalue weighted by molar-refractivity contribution is 1.76. The maximum atomic E-state index is 3.39. The normalized spacial score (nSPS) is 11.4. The minimum Gasteiger partial charge on any atom is -0.125 e. The fraction of sp³-hybridized carbons (Fsp3) is 0.562. The molecular formula is C16H28Si3. The van der Waals surface area contributed by atoms with E-state index in [0.717, 1.165) is 5.57 Å². The number of rotatable bonds is 1. The summed E-state index contributed by atoms with van der Waals surface area (Å²) in [4.78, 5) is 0. The summed E-state index contributed by atoms with van der Waals surface area (Å²) in [5.41, 5.74) is 13.2. The Morgan fingerprint density at radius 1 is 0.684 bits per heavy atom. The standard InChI is InChI=1S/C16H28Si3/c1-17(2,3)13-10-16(11-14-18(4,5)6)12-15-19(7,8)9/h13H,1-9H3. The molecule has 3 heteroatoms. The molecule has 0 aliphatic heterocycles. The summed E-state index contributed by atoms with van der Waals surface area (Å²) >= 11 is 0. The van der Waals surface area contributed by atoms with E-state index in [9.17, 15) is 0 Å². The smallest absolute Gasteiger partial charge is 0.125 e. The molecule has 0 aromatic rings. The van der Waals surface area contributed by atoms with Crippen LogP contribution in [-0.4, -0.2) is 24.2 Å².